The van der Waals surface area contributed by atoms with Gasteiger partial charge in [-0.15, -0.1) is 11.8 Å². The molecule has 0 spiro atoms. The standard InChI is InChI=1S/C29H28ClF2N3O4S/c1-29(2,3)39-28(38)34-23-16-40-26-13-22(32)21(25(36)14-33-20-10-8-19(31)9-11-20)12-24(26)35(27(23)37)15-17-4-6-18(30)7-5-17/h4-13,23,33H,14-16H2,1-3H3,(H,34,38)/t23-/m0/s1. The van der Waals surface area contributed by atoms with Gasteiger partial charge in [-0.3, -0.25) is 9.59 Å². The van der Waals surface area contributed by atoms with Gasteiger partial charge in [0.15, 0.2) is 5.78 Å². The quantitative estimate of drug-likeness (QED) is 0.309. The number of benzene rings is 3. The highest BCUT2D eigenvalue weighted by Crippen LogP contribution is 2.37. The van der Waals surface area contributed by atoms with Crippen LogP contribution in [0.3, 0.4) is 0 Å². The summed E-state index contributed by atoms with van der Waals surface area (Å²) in [6.45, 7) is 4.98. The van der Waals surface area contributed by atoms with E-state index in [1.54, 1.807) is 45.0 Å². The van der Waals surface area contributed by atoms with Gasteiger partial charge >= 0.3 is 6.09 Å². The lowest BCUT2D eigenvalue weighted by Crippen LogP contribution is -2.50. The van der Waals surface area contributed by atoms with Gasteiger partial charge in [0.25, 0.3) is 5.91 Å². The van der Waals surface area contributed by atoms with E-state index in [1.807, 2.05) is 0 Å². The van der Waals surface area contributed by atoms with Crippen molar-refractivity contribution in [1.82, 2.24) is 5.32 Å². The van der Waals surface area contributed by atoms with Gasteiger partial charge in [-0.1, -0.05) is 23.7 Å². The van der Waals surface area contributed by atoms with Crippen LogP contribution in [0.1, 0.15) is 36.7 Å². The fraction of sp³-hybridized carbons (Fsp3) is 0.276. The number of Topliss-reactive ketones (excluding diaryl/α,β-unsaturated/α-hetero) is 1. The number of amides is 2. The number of halogens is 3. The first-order chi connectivity index (χ1) is 18.9. The Balaban J connectivity index is 1.65. The molecule has 0 aliphatic carbocycles. The predicted octanol–water partition coefficient (Wildman–Crippen LogP) is 6.45. The Bertz CT molecular complexity index is 1410. The third-order valence-electron chi connectivity index (χ3n) is 5.85. The molecule has 1 heterocycles. The van der Waals surface area contributed by atoms with Crippen LogP contribution >= 0.6 is 23.4 Å². The van der Waals surface area contributed by atoms with Crippen molar-refractivity contribution in [3.8, 4) is 0 Å². The van der Waals surface area contributed by atoms with E-state index < -0.39 is 41.1 Å². The second-order valence-electron chi connectivity index (χ2n) is 10.1. The highest BCUT2D eigenvalue weighted by molar-refractivity contribution is 7.99. The number of anilines is 2. The van der Waals surface area contributed by atoms with Crippen LogP contribution in [-0.4, -0.2) is 41.7 Å². The second kappa shape index (κ2) is 12.3. The number of nitrogens with one attached hydrogen (secondary N) is 2. The fourth-order valence-corrected chi connectivity index (χ4v) is 5.17. The number of ketones is 1. The molecule has 0 aromatic heterocycles. The number of ether oxygens (including phenoxy) is 1. The summed E-state index contributed by atoms with van der Waals surface area (Å²) in [6.07, 6.45) is -0.752. The Hall–Kier alpha value is -3.63. The van der Waals surface area contributed by atoms with Crippen LogP contribution in [0.5, 0.6) is 0 Å². The Morgan fingerprint density at radius 3 is 2.40 bits per heavy atom. The molecule has 210 valence electrons. The molecule has 0 saturated heterocycles. The van der Waals surface area contributed by atoms with Crippen LogP contribution in [0.4, 0.5) is 25.0 Å². The molecule has 11 heteroatoms. The second-order valence-corrected chi connectivity index (χ2v) is 11.6. The van der Waals surface area contributed by atoms with Gasteiger partial charge in [0.2, 0.25) is 0 Å². The summed E-state index contributed by atoms with van der Waals surface area (Å²) in [5.41, 5.74) is 0.598. The molecule has 40 heavy (non-hydrogen) atoms. The number of carbonyl (C=O) groups is 3. The Kier molecular flexibility index (Phi) is 9.00. The van der Waals surface area contributed by atoms with Crippen LogP contribution < -0.4 is 15.5 Å². The molecule has 0 unspecified atom stereocenters. The van der Waals surface area contributed by atoms with Gasteiger partial charge in [-0.25, -0.2) is 13.6 Å². The zero-order chi connectivity index (χ0) is 29.0. The topological polar surface area (TPSA) is 87.7 Å². The zero-order valence-corrected chi connectivity index (χ0v) is 23.7. The highest BCUT2D eigenvalue weighted by Gasteiger charge is 2.34. The molecule has 3 aromatic rings. The molecule has 2 amide bonds. The van der Waals surface area contributed by atoms with Crippen molar-refractivity contribution in [1.29, 1.82) is 0 Å². The van der Waals surface area contributed by atoms with Crippen LogP contribution in [-0.2, 0) is 16.1 Å². The summed E-state index contributed by atoms with van der Waals surface area (Å²) >= 11 is 7.22. The van der Waals surface area contributed by atoms with Crippen molar-refractivity contribution >= 4 is 52.5 Å². The molecule has 0 saturated carbocycles. The summed E-state index contributed by atoms with van der Waals surface area (Å²) < 4.78 is 33.7. The van der Waals surface area contributed by atoms with Gasteiger partial charge in [0.05, 0.1) is 24.3 Å². The minimum absolute atomic E-state index is 0.0865. The van der Waals surface area contributed by atoms with E-state index in [0.29, 0.717) is 21.3 Å². The van der Waals surface area contributed by atoms with Gasteiger partial charge in [-0.2, -0.15) is 0 Å². The first kappa shape index (κ1) is 29.4. The van der Waals surface area contributed by atoms with Crippen molar-refractivity contribution in [3.63, 3.8) is 0 Å². The van der Waals surface area contributed by atoms with Crippen molar-refractivity contribution in [2.24, 2.45) is 0 Å². The Labute approximate surface area is 240 Å². The minimum atomic E-state index is -0.970. The first-order valence-electron chi connectivity index (χ1n) is 12.4. The number of carbonyl (C=O) groups excluding carboxylic acids is 3. The number of rotatable bonds is 7. The Morgan fingerprint density at radius 1 is 1.07 bits per heavy atom. The normalized spacial score (nSPS) is 15.2. The lowest BCUT2D eigenvalue weighted by atomic mass is 10.1. The van der Waals surface area contributed by atoms with Gasteiger partial charge in [-0.05, 0) is 74.9 Å². The van der Waals surface area contributed by atoms with Gasteiger partial charge < -0.3 is 20.3 Å². The summed E-state index contributed by atoms with van der Waals surface area (Å²) in [6, 6.07) is 13.9. The smallest absolute Gasteiger partial charge is 0.408 e. The zero-order valence-electron chi connectivity index (χ0n) is 22.1. The molecule has 0 fully saturated rings. The third kappa shape index (κ3) is 7.51. The number of alkyl carbamates (subject to hydrolysis) is 1. The molecule has 7 nitrogen and oxygen atoms in total. The van der Waals surface area contributed by atoms with E-state index in [0.717, 1.165) is 5.56 Å². The number of fused-ring (bicyclic) bond motifs is 1. The molecular formula is C29H28ClF2N3O4S. The molecule has 2 N–H and O–H groups in total. The Morgan fingerprint density at radius 2 is 1.75 bits per heavy atom. The first-order valence-corrected chi connectivity index (χ1v) is 13.8. The van der Waals surface area contributed by atoms with E-state index in [1.165, 1.54) is 53.1 Å². The van der Waals surface area contributed by atoms with Crippen molar-refractivity contribution in [2.45, 2.75) is 43.9 Å². The number of hydrogen-bond acceptors (Lipinski definition) is 6. The average Bonchev–Trinajstić information content (AvgIpc) is 3.00. The third-order valence-corrected chi connectivity index (χ3v) is 7.24. The van der Waals surface area contributed by atoms with Crippen LogP contribution in [0.15, 0.2) is 65.6 Å². The molecular weight excluding hydrogens is 560 g/mol. The molecule has 0 bridgehead atoms. The number of nitrogens with zero attached hydrogens (tertiary/aromatic N) is 1. The monoisotopic (exact) mass is 587 g/mol. The van der Waals surface area contributed by atoms with E-state index in [4.69, 9.17) is 16.3 Å². The lowest BCUT2D eigenvalue weighted by molar-refractivity contribution is -0.120. The van der Waals surface area contributed by atoms with E-state index in [2.05, 4.69) is 10.6 Å². The summed E-state index contributed by atoms with van der Waals surface area (Å²) in [7, 11) is 0. The van der Waals surface area contributed by atoms with Crippen molar-refractivity contribution in [2.75, 3.05) is 22.5 Å². The molecule has 0 radical (unpaired) electrons. The summed E-state index contributed by atoms with van der Waals surface area (Å²) in [5.74, 6) is -2.03. The van der Waals surface area contributed by atoms with Crippen LogP contribution in [0, 0.1) is 11.6 Å². The maximum atomic E-state index is 15.2. The van der Waals surface area contributed by atoms with E-state index in [9.17, 15) is 18.8 Å². The maximum Gasteiger partial charge on any atom is 0.408 e. The minimum Gasteiger partial charge on any atom is -0.444 e. The van der Waals surface area contributed by atoms with Crippen LogP contribution in [0.2, 0.25) is 5.02 Å². The number of hydrogen-bond donors (Lipinski definition) is 2. The van der Waals surface area contributed by atoms with E-state index in [-0.39, 0.29) is 24.4 Å². The molecule has 4 rings (SSSR count). The average molecular weight is 588 g/mol. The molecule has 1 aliphatic heterocycles. The van der Waals surface area contributed by atoms with Crippen molar-refractivity contribution in [3.05, 3.63) is 88.4 Å². The predicted molar refractivity (Wildman–Crippen MR) is 152 cm³/mol. The largest absolute Gasteiger partial charge is 0.444 e. The summed E-state index contributed by atoms with van der Waals surface area (Å²) in [4.78, 5) is 41.2. The van der Waals surface area contributed by atoms with E-state index >= 15 is 4.39 Å². The van der Waals surface area contributed by atoms with Crippen molar-refractivity contribution < 1.29 is 27.9 Å². The number of thioether (sulfide) groups is 1. The molecule has 1 aliphatic rings. The fourth-order valence-electron chi connectivity index (χ4n) is 3.97. The lowest BCUT2D eigenvalue weighted by Gasteiger charge is -2.27. The van der Waals surface area contributed by atoms with Gasteiger partial charge in [0.1, 0.15) is 23.3 Å². The van der Waals surface area contributed by atoms with Crippen LogP contribution in [0.25, 0.3) is 0 Å². The maximum absolute atomic E-state index is 15.2. The SMILES string of the molecule is CC(C)(C)OC(=O)N[C@H]1CSc2cc(F)c(C(=O)CNc3ccc(F)cc3)cc2N(Cc2ccc(Cl)cc2)C1=O. The molecule has 3 aromatic carbocycles. The molecule has 1 atom stereocenters. The summed E-state index contributed by atoms with van der Waals surface area (Å²) in [5, 5.41) is 6.01. The van der Waals surface area contributed by atoms with Gasteiger partial charge in [0, 0.05) is 21.4 Å². The highest BCUT2D eigenvalue weighted by atomic mass is 35.5.